The van der Waals surface area contributed by atoms with Gasteiger partial charge in [0.05, 0.1) is 17.8 Å². The number of H-pyrrole nitrogens is 1. The van der Waals surface area contributed by atoms with Gasteiger partial charge in [0.15, 0.2) is 0 Å². The molecule has 0 aliphatic heterocycles. The van der Waals surface area contributed by atoms with Crippen molar-refractivity contribution in [1.29, 1.82) is 0 Å². The highest BCUT2D eigenvalue weighted by molar-refractivity contribution is 6.14. The summed E-state index contributed by atoms with van der Waals surface area (Å²) in [6.07, 6.45) is 0. The number of fused-ring (bicyclic) bond motifs is 1. The summed E-state index contributed by atoms with van der Waals surface area (Å²) in [7, 11) is 0. The molecule has 24 heavy (non-hydrogen) atoms. The summed E-state index contributed by atoms with van der Waals surface area (Å²) < 4.78 is 19.0. The summed E-state index contributed by atoms with van der Waals surface area (Å²) in [4.78, 5) is 27.2. The number of ether oxygens (including phenoxy) is 1. The normalized spacial score (nSPS) is 10.6. The van der Waals surface area contributed by atoms with Crippen LogP contribution >= 0.6 is 0 Å². The number of hydrogen-bond donors (Lipinski definition) is 2. The number of para-hydroxylation sites is 1. The number of aromatic nitrogens is 1. The molecule has 0 aliphatic rings. The van der Waals surface area contributed by atoms with Crippen LogP contribution in [0.1, 0.15) is 27.8 Å². The van der Waals surface area contributed by atoms with Crippen LogP contribution in [0.3, 0.4) is 0 Å². The minimum absolute atomic E-state index is 0.0150. The van der Waals surface area contributed by atoms with Gasteiger partial charge in [0.1, 0.15) is 11.5 Å². The summed E-state index contributed by atoms with van der Waals surface area (Å²) in [5.41, 5.74) is 0.792. The number of carbonyl (C=O) groups excluding carboxylic acids is 2. The molecule has 2 N–H and O–H groups in total. The predicted molar refractivity (Wildman–Crippen MR) is 88.6 cm³/mol. The molecule has 1 aromatic heterocycles. The summed E-state index contributed by atoms with van der Waals surface area (Å²) in [6, 6.07) is 13.0. The second-order valence-electron chi connectivity index (χ2n) is 5.08. The van der Waals surface area contributed by atoms with E-state index in [1.54, 1.807) is 43.3 Å². The Labute approximate surface area is 137 Å². The molecule has 2 aromatic carbocycles. The van der Waals surface area contributed by atoms with Crippen LogP contribution < -0.4 is 5.32 Å². The Bertz CT molecular complexity index is 903. The van der Waals surface area contributed by atoms with Crippen LogP contribution in [0, 0.1) is 5.82 Å². The number of hydrogen-bond acceptors (Lipinski definition) is 3. The Hall–Kier alpha value is -3.15. The zero-order valence-corrected chi connectivity index (χ0v) is 12.9. The molecule has 0 radical (unpaired) electrons. The lowest BCUT2D eigenvalue weighted by molar-refractivity contribution is 0.0522. The maximum absolute atomic E-state index is 14.0. The third-order valence-electron chi connectivity index (χ3n) is 3.54. The number of carbonyl (C=O) groups is 2. The van der Waals surface area contributed by atoms with Gasteiger partial charge < -0.3 is 15.0 Å². The molecule has 6 heteroatoms. The Morgan fingerprint density at radius 2 is 1.88 bits per heavy atom. The number of rotatable bonds is 4. The van der Waals surface area contributed by atoms with E-state index in [9.17, 15) is 14.0 Å². The van der Waals surface area contributed by atoms with Gasteiger partial charge in [-0.15, -0.1) is 0 Å². The predicted octanol–water partition coefficient (Wildman–Crippen LogP) is 3.74. The fourth-order valence-corrected chi connectivity index (χ4v) is 2.44. The first-order chi connectivity index (χ1) is 11.6. The van der Waals surface area contributed by atoms with Gasteiger partial charge in [-0.2, -0.15) is 0 Å². The number of halogens is 1. The Morgan fingerprint density at radius 3 is 2.58 bits per heavy atom. The monoisotopic (exact) mass is 326 g/mol. The molecule has 3 rings (SSSR count). The van der Waals surface area contributed by atoms with Crippen LogP contribution in [-0.2, 0) is 4.74 Å². The molecule has 0 saturated heterocycles. The lowest BCUT2D eigenvalue weighted by atomic mass is 10.1. The van der Waals surface area contributed by atoms with E-state index in [1.165, 1.54) is 12.1 Å². The first kappa shape index (κ1) is 15.7. The molecule has 0 bridgehead atoms. The summed E-state index contributed by atoms with van der Waals surface area (Å²) in [5, 5.41) is 3.08. The fourth-order valence-electron chi connectivity index (χ4n) is 2.44. The third kappa shape index (κ3) is 2.86. The van der Waals surface area contributed by atoms with Gasteiger partial charge in [-0.25, -0.2) is 9.18 Å². The van der Waals surface area contributed by atoms with Gasteiger partial charge in [-0.1, -0.05) is 30.3 Å². The standard InChI is InChI=1S/C18H15FN2O3/c1-2-24-18(23)16-15(12-9-6-10-13(19)14(12)20-16)21-17(22)11-7-4-3-5-8-11/h3-10,20H,2H2,1H3,(H,21,22). The molecule has 0 unspecified atom stereocenters. The smallest absolute Gasteiger partial charge is 0.356 e. The van der Waals surface area contributed by atoms with Gasteiger partial charge in [0, 0.05) is 10.9 Å². The van der Waals surface area contributed by atoms with Gasteiger partial charge >= 0.3 is 5.97 Å². The van der Waals surface area contributed by atoms with E-state index in [0.717, 1.165) is 0 Å². The average Bonchev–Trinajstić information content (AvgIpc) is 2.96. The molecule has 122 valence electrons. The highest BCUT2D eigenvalue weighted by Gasteiger charge is 2.22. The maximum Gasteiger partial charge on any atom is 0.356 e. The largest absolute Gasteiger partial charge is 0.461 e. The van der Waals surface area contributed by atoms with Crippen molar-refractivity contribution in [2.75, 3.05) is 11.9 Å². The number of anilines is 1. The highest BCUT2D eigenvalue weighted by atomic mass is 19.1. The number of nitrogens with one attached hydrogen (secondary N) is 2. The van der Waals surface area contributed by atoms with Crippen molar-refractivity contribution >= 4 is 28.5 Å². The van der Waals surface area contributed by atoms with Crippen molar-refractivity contribution in [2.24, 2.45) is 0 Å². The Kier molecular flexibility index (Phi) is 4.29. The quantitative estimate of drug-likeness (QED) is 0.718. The van der Waals surface area contributed by atoms with Crippen molar-refractivity contribution < 1.29 is 18.7 Å². The van der Waals surface area contributed by atoms with E-state index in [1.807, 2.05) is 0 Å². The van der Waals surface area contributed by atoms with E-state index < -0.39 is 17.7 Å². The molecule has 5 nitrogen and oxygen atoms in total. The minimum Gasteiger partial charge on any atom is -0.461 e. The van der Waals surface area contributed by atoms with Crippen molar-refractivity contribution in [1.82, 2.24) is 4.98 Å². The Morgan fingerprint density at radius 1 is 1.12 bits per heavy atom. The average molecular weight is 326 g/mol. The SMILES string of the molecule is CCOC(=O)c1[nH]c2c(F)cccc2c1NC(=O)c1ccccc1. The zero-order valence-electron chi connectivity index (χ0n) is 12.9. The zero-order chi connectivity index (χ0) is 17.1. The molecule has 0 aliphatic carbocycles. The Balaban J connectivity index is 2.07. The van der Waals surface area contributed by atoms with E-state index in [2.05, 4.69) is 10.3 Å². The molecule has 3 aromatic rings. The van der Waals surface area contributed by atoms with Crippen LogP contribution in [0.15, 0.2) is 48.5 Å². The molecule has 1 amide bonds. The van der Waals surface area contributed by atoms with Gasteiger partial charge in [0.25, 0.3) is 5.91 Å². The molecule has 0 spiro atoms. The van der Waals surface area contributed by atoms with E-state index in [4.69, 9.17) is 4.74 Å². The van der Waals surface area contributed by atoms with E-state index in [-0.39, 0.29) is 23.5 Å². The molecule has 0 fully saturated rings. The summed E-state index contributed by atoms with van der Waals surface area (Å²) in [6.45, 7) is 1.84. The number of aromatic amines is 1. The lowest BCUT2D eigenvalue weighted by Crippen LogP contribution is -2.15. The topological polar surface area (TPSA) is 71.2 Å². The van der Waals surface area contributed by atoms with Crippen molar-refractivity contribution in [3.05, 3.63) is 65.6 Å². The van der Waals surface area contributed by atoms with Gasteiger partial charge in [-0.05, 0) is 25.1 Å². The summed E-state index contributed by atoms with van der Waals surface area (Å²) in [5.74, 6) is -1.57. The second-order valence-corrected chi connectivity index (χ2v) is 5.08. The lowest BCUT2D eigenvalue weighted by Gasteiger charge is -2.07. The number of esters is 1. The fraction of sp³-hybridized carbons (Fsp3) is 0.111. The van der Waals surface area contributed by atoms with Crippen LogP contribution in [0.25, 0.3) is 10.9 Å². The van der Waals surface area contributed by atoms with Crippen LogP contribution in [0.5, 0.6) is 0 Å². The van der Waals surface area contributed by atoms with Crippen molar-refractivity contribution in [3.8, 4) is 0 Å². The summed E-state index contributed by atoms with van der Waals surface area (Å²) >= 11 is 0. The molecule has 1 heterocycles. The van der Waals surface area contributed by atoms with Gasteiger partial charge in [-0.3, -0.25) is 4.79 Å². The van der Waals surface area contributed by atoms with Crippen LogP contribution in [-0.4, -0.2) is 23.5 Å². The second kappa shape index (κ2) is 6.54. The third-order valence-corrected chi connectivity index (χ3v) is 3.54. The number of amides is 1. The van der Waals surface area contributed by atoms with Crippen molar-refractivity contribution in [3.63, 3.8) is 0 Å². The highest BCUT2D eigenvalue weighted by Crippen LogP contribution is 2.30. The molecular weight excluding hydrogens is 311 g/mol. The molecule has 0 saturated carbocycles. The van der Waals surface area contributed by atoms with Gasteiger partial charge in [0.2, 0.25) is 0 Å². The van der Waals surface area contributed by atoms with Crippen LogP contribution in [0.4, 0.5) is 10.1 Å². The first-order valence-corrected chi connectivity index (χ1v) is 7.45. The molecule has 0 atom stereocenters. The van der Waals surface area contributed by atoms with E-state index >= 15 is 0 Å². The molecular formula is C18H15FN2O3. The maximum atomic E-state index is 14.0. The number of benzene rings is 2. The minimum atomic E-state index is -0.656. The van der Waals surface area contributed by atoms with Crippen molar-refractivity contribution in [2.45, 2.75) is 6.92 Å². The van der Waals surface area contributed by atoms with E-state index in [0.29, 0.717) is 10.9 Å². The van der Waals surface area contributed by atoms with Crippen LogP contribution in [0.2, 0.25) is 0 Å². The first-order valence-electron chi connectivity index (χ1n) is 7.45.